The van der Waals surface area contributed by atoms with Crippen LogP contribution in [0.1, 0.15) is 29.5 Å². The molecule has 3 fully saturated rings. The number of hydrogen-bond donors (Lipinski definition) is 1. The maximum Gasteiger partial charge on any atom is 0.416 e. The predicted octanol–water partition coefficient (Wildman–Crippen LogP) is 4.75. The number of fused-ring (bicyclic) bond motifs is 7. The van der Waals surface area contributed by atoms with E-state index in [-0.39, 0.29) is 10.7 Å². The van der Waals surface area contributed by atoms with E-state index < -0.39 is 52.9 Å². The molecule has 0 aromatic heterocycles. The van der Waals surface area contributed by atoms with Gasteiger partial charge >= 0.3 is 6.18 Å². The zero-order chi connectivity index (χ0) is 25.0. The highest BCUT2D eigenvalue weighted by atomic mass is 35.5. The first-order valence-electron chi connectivity index (χ1n) is 11.1. The SMILES string of the molecule is Cc1c(Cl)ccc2c1NC(=O)C21C2C(=O)N(c3cc(C(F)(F)F)ccc3Cl)C(=O)C2C2CCCN21. The average Bonchev–Trinajstić information content (AvgIpc) is 3.50. The Balaban J connectivity index is 1.55. The van der Waals surface area contributed by atoms with E-state index in [1.54, 1.807) is 19.1 Å². The molecule has 3 saturated heterocycles. The van der Waals surface area contributed by atoms with E-state index in [0.717, 1.165) is 23.5 Å². The number of hydrogen-bond acceptors (Lipinski definition) is 4. The Labute approximate surface area is 208 Å². The minimum Gasteiger partial charge on any atom is -0.324 e. The van der Waals surface area contributed by atoms with Crippen molar-refractivity contribution < 1.29 is 27.6 Å². The Morgan fingerprint density at radius 1 is 1.06 bits per heavy atom. The van der Waals surface area contributed by atoms with E-state index in [9.17, 15) is 27.6 Å². The Morgan fingerprint density at radius 3 is 2.49 bits per heavy atom. The molecule has 182 valence electrons. The summed E-state index contributed by atoms with van der Waals surface area (Å²) in [5, 5.41) is 3.16. The van der Waals surface area contributed by atoms with Crippen LogP contribution in [0.4, 0.5) is 24.5 Å². The lowest BCUT2D eigenvalue weighted by molar-refractivity contribution is -0.137. The first-order valence-corrected chi connectivity index (χ1v) is 11.9. The maximum atomic E-state index is 13.9. The molecule has 4 aliphatic rings. The number of halogens is 5. The predicted molar refractivity (Wildman–Crippen MR) is 122 cm³/mol. The van der Waals surface area contributed by atoms with E-state index in [2.05, 4.69) is 5.32 Å². The quantitative estimate of drug-likeness (QED) is 0.547. The van der Waals surface area contributed by atoms with Crippen LogP contribution in [-0.2, 0) is 26.1 Å². The van der Waals surface area contributed by atoms with Crippen molar-refractivity contribution in [2.75, 3.05) is 16.8 Å². The number of benzene rings is 2. The van der Waals surface area contributed by atoms with Crippen molar-refractivity contribution in [1.82, 2.24) is 4.90 Å². The van der Waals surface area contributed by atoms with Gasteiger partial charge in [0.2, 0.25) is 17.7 Å². The molecular formula is C24H18Cl2F3N3O3. The number of rotatable bonds is 1. The third kappa shape index (κ3) is 2.74. The van der Waals surface area contributed by atoms with Crippen LogP contribution in [0.2, 0.25) is 10.0 Å². The number of carbonyl (C=O) groups excluding carboxylic acids is 3. The maximum absolute atomic E-state index is 13.9. The van der Waals surface area contributed by atoms with Crippen LogP contribution in [0.15, 0.2) is 30.3 Å². The number of alkyl halides is 3. The molecule has 6 rings (SSSR count). The van der Waals surface area contributed by atoms with Crippen molar-refractivity contribution in [2.45, 2.75) is 37.5 Å². The lowest BCUT2D eigenvalue weighted by Gasteiger charge is -2.36. The molecule has 4 atom stereocenters. The number of amides is 3. The fraction of sp³-hybridized carbons (Fsp3) is 0.375. The molecule has 0 aliphatic carbocycles. The summed E-state index contributed by atoms with van der Waals surface area (Å²) in [6.45, 7) is 2.27. The first-order chi connectivity index (χ1) is 16.5. The molecule has 0 bridgehead atoms. The molecular weight excluding hydrogens is 506 g/mol. The lowest BCUT2D eigenvalue weighted by atomic mass is 9.75. The van der Waals surface area contributed by atoms with E-state index in [0.29, 0.717) is 40.9 Å². The molecule has 11 heteroatoms. The minimum atomic E-state index is -4.69. The molecule has 2 aromatic carbocycles. The van der Waals surface area contributed by atoms with Gasteiger partial charge in [-0.2, -0.15) is 13.2 Å². The summed E-state index contributed by atoms with van der Waals surface area (Å²) < 4.78 is 40.2. The van der Waals surface area contributed by atoms with E-state index >= 15 is 0 Å². The van der Waals surface area contributed by atoms with Crippen LogP contribution in [0, 0.1) is 18.8 Å². The Hall–Kier alpha value is -2.62. The average molecular weight is 524 g/mol. The summed E-state index contributed by atoms with van der Waals surface area (Å²) in [6, 6.07) is 5.47. The van der Waals surface area contributed by atoms with E-state index in [1.807, 2.05) is 4.90 Å². The molecule has 35 heavy (non-hydrogen) atoms. The van der Waals surface area contributed by atoms with Gasteiger partial charge in [-0.15, -0.1) is 0 Å². The van der Waals surface area contributed by atoms with Crippen molar-refractivity contribution in [1.29, 1.82) is 0 Å². The number of imide groups is 1. The van der Waals surface area contributed by atoms with Crippen molar-refractivity contribution in [3.8, 4) is 0 Å². The van der Waals surface area contributed by atoms with Crippen molar-refractivity contribution >= 4 is 52.3 Å². The highest BCUT2D eigenvalue weighted by Crippen LogP contribution is 2.61. The van der Waals surface area contributed by atoms with Crippen LogP contribution in [-0.4, -0.2) is 35.2 Å². The van der Waals surface area contributed by atoms with Gasteiger partial charge in [-0.1, -0.05) is 29.3 Å². The van der Waals surface area contributed by atoms with Gasteiger partial charge in [0.25, 0.3) is 0 Å². The second kappa shape index (κ2) is 7.21. The molecule has 1 spiro atoms. The van der Waals surface area contributed by atoms with Crippen LogP contribution < -0.4 is 10.2 Å². The number of nitrogens with one attached hydrogen (secondary N) is 1. The largest absolute Gasteiger partial charge is 0.416 e. The Morgan fingerprint density at radius 2 is 1.77 bits per heavy atom. The number of nitrogens with zero attached hydrogens (tertiary/aromatic N) is 2. The summed E-state index contributed by atoms with van der Waals surface area (Å²) in [5.41, 5.74) is -1.10. The topological polar surface area (TPSA) is 69.7 Å². The first kappa shape index (κ1) is 22.8. The zero-order valence-electron chi connectivity index (χ0n) is 18.2. The normalized spacial score (nSPS) is 29.7. The van der Waals surface area contributed by atoms with Crippen molar-refractivity contribution in [2.24, 2.45) is 11.8 Å². The second-order valence-electron chi connectivity index (χ2n) is 9.40. The van der Waals surface area contributed by atoms with E-state index in [4.69, 9.17) is 23.2 Å². The Kier molecular flexibility index (Phi) is 4.70. The smallest absolute Gasteiger partial charge is 0.324 e. The summed E-state index contributed by atoms with van der Waals surface area (Å²) >= 11 is 12.5. The molecule has 4 heterocycles. The third-order valence-corrected chi connectivity index (χ3v) is 8.61. The summed E-state index contributed by atoms with van der Waals surface area (Å²) in [7, 11) is 0. The van der Waals surface area contributed by atoms with Crippen molar-refractivity contribution in [3.05, 3.63) is 57.1 Å². The van der Waals surface area contributed by atoms with Crippen LogP contribution in [0.5, 0.6) is 0 Å². The monoisotopic (exact) mass is 523 g/mol. The van der Waals surface area contributed by atoms with Gasteiger partial charge < -0.3 is 5.32 Å². The zero-order valence-corrected chi connectivity index (χ0v) is 19.8. The second-order valence-corrected chi connectivity index (χ2v) is 10.2. The van der Waals surface area contributed by atoms with Crippen LogP contribution >= 0.6 is 23.2 Å². The number of carbonyl (C=O) groups is 3. The lowest BCUT2D eigenvalue weighted by Crippen LogP contribution is -2.54. The van der Waals surface area contributed by atoms with Gasteiger partial charge in [0.05, 0.1) is 33.8 Å². The van der Waals surface area contributed by atoms with Crippen LogP contribution in [0.3, 0.4) is 0 Å². The molecule has 2 aromatic rings. The molecule has 4 aliphatic heterocycles. The van der Waals surface area contributed by atoms with E-state index in [1.165, 1.54) is 0 Å². The summed E-state index contributed by atoms with van der Waals surface area (Å²) in [4.78, 5) is 44.0. The highest BCUT2D eigenvalue weighted by Gasteiger charge is 2.74. The fourth-order valence-corrected chi connectivity index (χ4v) is 6.85. The molecule has 4 unspecified atom stereocenters. The molecule has 0 saturated carbocycles. The highest BCUT2D eigenvalue weighted by molar-refractivity contribution is 6.36. The minimum absolute atomic E-state index is 0.157. The molecule has 0 radical (unpaired) electrons. The van der Waals surface area contributed by atoms with Gasteiger partial charge in [0.1, 0.15) is 5.54 Å². The Bertz CT molecular complexity index is 1350. The van der Waals surface area contributed by atoms with Gasteiger partial charge in [0.15, 0.2) is 0 Å². The molecule has 1 N–H and O–H groups in total. The molecule has 6 nitrogen and oxygen atoms in total. The molecule has 3 amide bonds. The van der Waals surface area contributed by atoms with Crippen molar-refractivity contribution in [3.63, 3.8) is 0 Å². The third-order valence-electron chi connectivity index (χ3n) is 7.88. The van der Waals surface area contributed by atoms with Gasteiger partial charge in [0, 0.05) is 16.6 Å². The van der Waals surface area contributed by atoms with Gasteiger partial charge in [-0.05, 0) is 56.1 Å². The van der Waals surface area contributed by atoms with Crippen LogP contribution in [0.25, 0.3) is 0 Å². The van der Waals surface area contributed by atoms with Gasteiger partial charge in [-0.25, -0.2) is 4.90 Å². The standard InChI is InChI=1S/C24H18Cl2F3N3O3/c1-10-13(25)7-5-12-19(10)30-22(35)23(12)18-17(15-3-2-8-31(15)23)20(33)32(21(18)34)16-9-11(24(27,28)29)4-6-14(16)26/h4-7,9,15,17-18H,2-3,8H2,1H3,(H,30,35). The number of anilines is 2. The van der Waals surface area contributed by atoms with Gasteiger partial charge in [-0.3, -0.25) is 19.3 Å². The summed E-state index contributed by atoms with van der Waals surface area (Å²) in [5.74, 6) is -3.79. The fourth-order valence-electron chi connectivity index (χ4n) is 6.49. The summed E-state index contributed by atoms with van der Waals surface area (Å²) in [6.07, 6.45) is -3.39.